The molecule has 0 saturated carbocycles. The molecule has 0 unspecified atom stereocenters. The maximum atomic E-state index is 12.9. The molecule has 27 heavy (non-hydrogen) atoms. The van der Waals surface area contributed by atoms with Gasteiger partial charge in [0.05, 0.1) is 12.8 Å². The van der Waals surface area contributed by atoms with Crippen LogP contribution in [0, 0.1) is 0 Å². The molecule has 0 saturated heterocycles. The number of carbonyl (C=O) groups is 2. The van der Waals surface area contributed by atoms with E-state index >= 15 is 0 Å². The first-order chi connectivity index (χ1) is 13.1. The lowest BCUT2D eigenvalue weighted by atomic mass is 10.1. The zero-order chi connectivity index (χ0) is 19.5. The Morgan fingerprint density at radius 3 is 2.52 bits per heavy atom. The van der Waals surface area contributed by atoms with Crippen molar-refractivity contribution in [3.05, 3.63) is 72.7 Å². The summed E-state index contributed by atoms with van der Waals surface area (Å²) in [6.07, 6.45) is 3.91. The first kappa shape index (κ1) is 20.5. The van der Waals surface area contributed by atoms with Gasteiger partial charge >= 0.3 is 0 Å². The van der Waals surface area contributed by atoms with E-state index in [1.807, 2.05) is 36.4 Å². The van der Waals surface area contributed by atoms with E-state index in [1.54, 1.807) is 23.3 Å². The average molecular weight is 370 g/mol. The van der Waals surface area contributed by atoms with Gasteiger partial charge in [0.25, 0.3) is 0 Å². The van der Waals surface area contributed by atoms with Gasteiger partial charge in [-0.15, -0.1) is 6.58 Å². The van der Waals surface area contributed by atoms with E-state index in [1.165, 1.54) is 12.0 Å². The monoisotopic (exact) mass is 370 g/mol. The van der Waals surface area contributed by atoms with Crippen LogP contribution in [-0.2, 0) is 27.3 Å². The molecular weight excluding hydrogens is 344 g/mol. The van der Waals surface area contributed by atoms with Crippen LogP contribution in [0.5, 0.6) is 0 Å². The number of furan rings is 1. The smallest absolute Gasteiger partial charge is 0.249 e. The van der Waals surface area contributed by atoms with Crippen molar-refractivity contribution in [2.24, 2.45) is 0 Å². The highest BCUT2D eigenvalue weighted by atomic mass is 16.5. The Bertz CT molecular complexity index is 713. The van der Waals surface area contributed by atoms with Gasteiger partial charge in [0.2, 0.25) is 11.8 Å². The summed E-state index contributed by atoms with van der Waals surface area (Å²) in [6.45, 7) is 4.75. The van der Waals surface area contributed by atoms with E-state index in [9.17, 15) is 9.59 Å². The van der Waals surface area contributed by atoms with Gasteiger partial charge in [-0.05, 0) is 24.1 Å². The Labute approximate surface area is 160 Å². The van der Waals surface area contributed by atoms with Gasteiger partial charge in [-0.2, -0.15) is 0 Å². The summed E-state index contributed by atoms with van der Waals surface area (Å²) in [5, 5.41) is 0. The summed E-state index contributed by atoms with van der Waals surface area (Å²) < 4.78 is 10.3. The van der Waals surface area contributed by atoms with Crippen molar-refractivity contribution in [2.75, 3.05) is 33.4 Å². The second kappa shape index (κ2) is 11.0. The summed E-state index contributed by atoms with van der Waals surface area (Å²) in [6, 6.07) is 13.6. The highest BCUT2D eigenvalue weighted by Gasteiger charge is 2.21. The van der Waals surface area contributed by atoms with Crippen LogP contribution in [0.3, 0.4) is 0 Å². The molecule has 1 heterocycles. The molecule has 2 aromatic rings. The summed E-state index contributed by atoms with van der Waals surface area (Å²) in [4.78, 5) is 28.2. The van der Waals surface area contributed by atoms with E-state index in [-0.39, 0.29) is 25.0 Å². The molecule has 144 valence electrons. The number of methoxy groups -OCH3 is 1. The van der Waals surface area contributed by atoms with Gasteiger partial charge in [0.15, 0.2) is 0 Å². The Morgan fingerprint density at radius 1 is 1.11 bits per heavy atom. The third-order valence-electron chi connectivity index (χ3n) is 4.09. The zero-order valence-electron chi connectivity index (χ0n) is 15.7. The van der Waals surface area contributed by atoms with Crippen molar-refractivity contribution in [3.8, 4) is 0 Å². The topological polar surface area (TPSA) is 63.0 Å². The van der Waals surface area contributed by atoms with Crippen molar-refractivity contribution in [1.82, 2.24) is 9.80 Å². The fourth-order valence-electron chi connectivity index (χ4n) is 2.68. The van der Waals surface area contributed by atoms with Crippen molar-refractivity contribution in [1.29, 1.82) is 0 Å². The second-order valence-electron chi connectivity index (χ2n) is 6.13. The molecule has 0 aliphatic heterocycles. The van der Waals surface area contributed by atoms with Gasteiger partial charge in [-0.1, -0.05) is 36.4 Å². The lowest BCUT2D eigenvalue weighted by Crippen LogP contribution is -2.44. The number of carbonyl (C=O) groups excluding carboxylic acids is 2. The van der Waals surface area contributed by atoms with Crippen LogP contribution in [0.15, 0.2) is 65.8 Å². The molecule has 0 atom stereocenters. The third kappa shape index (κ3) is 6.75. The fraction of sp³-hybridized carbons (Fsp3) is 0.333. The summed E-state index contributed by atoms with van der Waals surface area (Å²) in [5.74, 6) is 0.315. The molecule has 0 aliphatic carbocycles. The van der Waals surface area contributed by atoms with Gasteiger partial charge in [-0.25, -0.2) is 0 Å². The molecule has 0 bridgehead atoms. The number of nitrogens with zero attached hydrogens (tertiary/aromatic N) is 2. The van der Waals surface area contributed by atoms with E-state index < -0.39 is 0 Å². The molecule has 6 heteroatoms. The minimum Gasteiger partial charge on any atom is -0.467 e. The lowest BCUT2D eigenvalue weighted by molar-refractivity contribution is -0.142. The summed E-state index contributed by atoms with van der Waals surface area (Å²) >= 11 is 0. The maximum absolute atomic E-state index is 12.9. The molecule has 0 aliphatic rings. The van der Waals surface area contributed by atoms with E-state index in [0.29, 0.717) is 25.4 Å². The summed E-state index contributed by atoms with van der Waals surface area (Å²) in [5.41, 5.74) is 1.15. The molecule has 2 amide bonds. The lowest BCUT2D eigenvalue weighted by Gasteiger charge is -2.26. The predicted octanol–water partition coefficient (Wildman–Crippen LogP) is 2.51. The molecule has 0 radical (unpaired) electrons. The number of benzene rings is 1. The SMILES string of the molecule is C=CCN(CC(=O)N(CCc1ccccc1)Cc1ccco1)C(=O)COC. The predicted molar refractivity (Wildman–Crippen MR) is 103 cm³/mol. The standard InChI is InChI=1S/C21H26N2O4/c1-3-12-22(21(25)17-26-2)16-20(24)23(15-19-10-7-14-27-19)13-11-18-8-5-4-6-9-18/h3-10,14H,1,11-13,15-17H2,2H3. The third-order valence-corrected chi connectivity index (χ3v) is 4.09. The number of hydrogen-bond donors (Lipinski definition) is 0. The Hall–Kier alpha value is -2.86. The Balaban J connectivity index is 2.06. The highest BCUT2D eigenvalue weighted by Crippen LogP contribution is 2.09. The van der Waals surface area contributed by atoms with E-state index in [0.717, 1.165) is 12.0 Å². The fourth-order valence-corrected chi connectivity index (χ4v) is 2.68. The van der Waals surface area contributed by atoms with Crippen molar-refractivity contribution in [3.63, 3.8) is 0 Å². The van der Waals surface area contributed by atoms with E-state index in [2.05, 4.69) is 6.58 Å². The minimum atomic E-state index is -0.244. The molecule has 0 spiro atoms. The number of rotatable bonds is 11. The van der Waals surface area contributed by atoms with E-state index in [4.69, 9.17) is 9.15 Å². The summed E-state index contributed by atoms with van der Waals surface area (Å²) in [7, 11) is 1.45. The molecule has 1 aromatic carbocycles. The minimum absolute atomic E-state index is 0.0241. The van der Waals surface area contributed by atoms with Crippen molar-refractivity contribution < 1.29 is 18.7 Å². The number of amides is 2. The molecule has 0 N–H and O–H groups in total. The quantitative estimate of drug-likeness (QED) is 0.570. The first-order valence-corrected chi connectivity index (χ1v) is 8.85. The van der Waals surface area contributed by atoms with Crippen LogP contribution in [0.1, 0.15) is 11.3 Å². The average Bonchev–Trinajstić information content (AvgIpc) is 3.19. The molecule has 6 nitrogen and oxygen atoms in total. The van der Waals surface area contributed by atoms with Crippen LogP contribution in [0.2, 0.25) is 0 Å². The Kier molecular flexibility index (Phi) is 8.32. The molecule has 2 rings (SSSR count). The van der Waals surface area contributed by atoms with Crippen molar-refractivity contribution in [2.45, 2.75) is 13.0 Å². The largest absolute Gasteiger partial charge is 0.467 e. The van der Waals surface area contributed by atoms with Crippen LogP contribution < -0.4 is 0 Å². The maximum Gasteiger partial charge on any atom is 0.249 e. The Morgan fingerprint density at radius 2 is 1.89 bits per heavy atom. The highest BCUT2D eigenvalue weighted by molar-refractivity contribution is 5.85. The van der Waals surface area contributed by atoms with Crippen molar-refractivity contribution >= 4 is 11.8 Å². The molecule has 0 fully saturated rings. The first-order valence-electron chi connectivity index (χ1n) is 8.85. The van der Waals surface area contributed by atoms with Crippen LogP contribution in [-0.4, -0.2) is 55.0 Å². The second-order valence-corrected chi connectivity index (χ2v) is 6.13. The van der Waals surface area contributed by atoms with Crippen LogP contribution in [0.4, 0.5) is 0 Å². The molecule has 1 aromatic heterocycles. The zero-order valence-corrected chi connectivity index (χ0v) is 15.7. The number of ether oxygens (including phenoxy) is 1. The van der Waals surface area contributed by atoms with Gasteiger partial charge in [0.1, 0.15) is 18.9 Å². The van der Waals surface area contributed by atoms with Gasteiger partial charge < -0.3 is 19.0 Å². The van der Waals surface area contributed by atoms with Crippen LogP contribution >= 0.6 is 0 Å². The number of hydrogen-bond acceptors (Lipinski definition) is 4. The van der Waals surface area contributed by atoms with Gasteiger partial charge in [-0.3, -0.25) is 9.59 Å². The molecular formula is C21H26N2O4. The normalized spacial score (nSPS) is 10.4. The van der Waals surface area contributed by atoms with Crippen LogP contribution in [0.25, 0.3) is 0 Å². The van der Waals surface area contributed by atoms with Gasteiger partial charge in [0, 0.05) is 20.2 Å².